The first kappa shape index (κ1) is 29.8. The molecule has 0 aliphatic heterocycles. The van der Waals surface area contributed by atoms with Crippen molar-refractivity contribution < 1.29 is 17.5 Å². The maximum atomic E-state index is 13.4. The number of fused-ring (bicyclic) bond motifs is 1. The van der Waals surface area contributed by atoms with Crippen LogP contribution in [0.15, 0.2) is 66.4 Å². The molecule has 5 aromatic rings. The largest absolute Gasteiger partial charge is 0.487 e. The molecular weight excluding hydrogens is 599 g/mol. The molecule has 42 heavy (non-hydrogen) atoms. The molecule has 0 aliphatic carbocycles. The first-order valence-electron chi connectivity index (χ1n) is 13.1. The number of anilines is 2. The number of thiazole rings is 1. The number of ether oxygens (including phenoxy) is 1. The van der Waals surface area contributed by atoms with Gasteiger partial charge in [-0.3, -0.25) is 4.98 Å². The number of pyridine rings is 1. The van der Waals surface area contributed by atoms with E-state index in [2.05, 4.69) is 30.6 Å². The molecule has 3 aromatic heterocycles. The minimum atomic E-state index is -3.09. The second-order valence-electron chi connectivity index (χ2n) is 9.72. The summed E-state index contributed by atoms with van der Waals surface area (Å²) in [5.74, 6) is 0.801. The van der Waals surface area contributed by atoms with Crippen LogP contribution < -0.4 is 15.4 Å². The van der Waals surface area contributed by atoms with Gasteiger partial charge in [0.2, 0.25) is 0 Å². The molecule has 0 aliphatic rings. The molecule has 5 rings (SSSR count). The summed E-state index contributed by atoms with van der Waals surface area (Å²) >= 11 is 7.95. The number of nitrogens with one attached hydrogen (secondary N) is 2. The van der Waals surface area contributed by atoms with Gasteiger partial charge in [0.05, 0.1) is 39.1 Å². The van der Waals surface area contributed by atoms with Crippen molar-refractivity contribution in [2.75, 3.05) is 17.6 Å². The summed E-state index contributed by atoms with van der Waals surface area (Å²) in [5.41, 5.74) is 3.40. The molecule has 0 amide bonds. The minimum Gasteiger partial charge on any atom is -0.487 e. The molecule has 0 bridgehead atoms. The maximum Gasteiger partial charge on any atom is 0.153 e. The Bertz CT molecular complexity index is 1820. The lowest BCUT2D eigenvalue weighted by Gasteiger charge is -2.12. The van der Waals surface area contributed by atoms with Crippen LogP contribution in [0.2, 0.25) is 5.02 Å². The summed E-state index contributed by atoms with van der Waals surface area (Å²) in [4.78, 5) is 18.0. The monoisotopic (exact) mass is 626 g/mol. The topological polar surface area (TPSA) is 119 Å². The summed E-state index contributed by atoms with van der Waals surface area (Å²) < 4.78 is 43.2. The summed E-state index contributed by atoms with van der Waals surface area (Å²) in [6.45, 7) is 4.38. The molecule has 0 unspecified atom stereocenters. The molecule has 2 N–H and O–H groups in total. The molecule has 0 atom stereocenters. The summed E-state index contributed by atoms with van der Waals surface area (Å²) in [6, 6.07) is 13.4. The molecule has 0 radical (unpaired) electrons. The van der Waals surface area contributed by atoms with Crippen molar-refractivity contribution in [3.63, 3.8) is 0 Å². The maximum absolute atomic E-state index is 13.4. The normalized spacial score (nSPS) is 11.7. The van der Waals surface area contributed by atoms with Gasteiger partial charge in [0.25, 0.3) is 0 Å². The van der Waals surface area contributed by atoms with Crippen LogP contribution in [0.5, 0.6) is 5.75 Å². The zero-order valence-corrected chi connectivity index (χ0v) is 25.2. The van der Waals surface area contributed by atoms with Crippen LogP contribution in [-0.4, -0.2) is 45.9 Å². The average molecular weight is 627 g/mol. The van der Waals surface area contributed by atoms with Gasteiger partial charge in [0.15, 0.2) is 9.84 Å². The Morgan fingerprint density at radius 1 is 1.07 bits per heavy atom. The van der Waals surface area contributed by atoms with Crippen molar-refractivity contribution in [3.8, 4) is 17.1 Å². The zero-order valence-electron chi connectivity index (χ0n) is 22.8. The van der Waals surface area contributed by atoms with Gasteiger partial charge in [-0.2, -0.15) is 0 Å². The van der Waals surface area contributed by atoms with E-state index in [1.807, 2.05) is 17.5 Å². The fourth-order valence-corrected chi connectivity index (χ4v) is 5.87. The van der Waals surface area contributed by atoms with E-state index in [0.29, 0.717) is 57.8 Å². The molecule has 0 spiro atoms. The molecular formula is C29H28ClFN6O3S2. The first-order valence-corrected chi connectivity index (χ1v) is 16.1. The van der Waals surface area contributed by atoms with E-state index in [4.69, 9.17) is 16.3 Å². The van der Waals surface area contributed by atoms with Gasteiger partial charge in [-0.05, 0) is 55.8 Å². The van der Waals surface area contributed by atoms with E-state index in [9.17, 15) is 12.8 Å². The van der Waals surface area contributed by atoms with E-state index in [-0.39, 0.29) is 18.2 Å². The lowest BCUT2D eigenvalue weighted by Crippen LogP contribution is -2.26. The number of hydrogen-bond acceptors (Lipinski definition) is 10. The van der Waals surface area contributed by atoms with Gasteiger partial charge < -0.3 is 15.4 Å². The number of benzene rings is 2. The number of rotatable bonds is 12. The van der Waals surface area contributed by atoms with Gasteiger partial charge in [-0.1, -0.05) is 23.7 Å². The van der Waals surface area contributed by atoms with Crippen molar-refractivity contribution in [2.24, 2.45) is 0 Å². The lowest BCUT2D eigenvalue weighted by molar-refractivity contribution is 0.306. The van der Waals surface area contributed by atoms with Gasteiger partial charge in [0.1, 0.15) is 35.3 Å². The van der Waals surface area contributed by atoms with Crippen LogP contribution in [0.4, 0.5) is 15.9 Å². The summed E-state index contributed by atoms with van der Waals surface area (Å²) in [6.07, 6.45) is 3.12. The molecule has 0 saturated heterocycles. The molecule has 13 heteroatoms. The van der Waals surface area contributed by atoms with Crippen molar-refractivity contribution >= 4 is 55.2 Å². The predicted molar refractivity (Wildman–Crippen MR) is 165 cm³/mol. The standard InChI is InChI=1S/C29H28ClFN6O3S2/c1-18(2)42(38,39)9-8-32-14-28-37-26(16-41-28)24-12-22-25(13-33-24)34-17-35-29(22)36-21-6-7-27(23(30)11-21)40-15-19-4-3-5-20(31)10-19/h3-7,10-13,16-18,32H,8-9,14-15H2,1-2H3,(H,34,35,36). The average Bonchev–Trinajstić information content (AvgIpc) is 3.44. The highest BCUT2D eigenvalue weighted by Crippen LogP contribution is 2.32. The molecule has 9 nitrogen and oxygen atoms in total. The Hall–Kier alpha value is -3.71. The molecule has 2 aromatic carbocycles. The Labute approximate surface area is 252 Å². The Morgan fingerprint density at radius 3 is 2.71 bits per heavy atom. The van der Waals surface area contributed by atoms with Gasteiger partial charge in [-0.15, -0.1) is 11.3 Å². The van der Waals surface area contributed by atoms with E-state index in [1.165, 1.54) is 29.8 Å². The van der Waals surface area contributed by atoms with Crippen LogP contribution in [0.1, 0.15) is 24.4 Å². The fraction of sp³-hybridized carbons (Fsp3) is 0.241. The minimum absolute atomic E-state index is 0.0841. The van der Waals surface area contributed by atoms with E-state index in [0.717, 1.165) is 10.4 Å². The smallest absolute Gasteiger partial charge is 0.153 e. The molecule has 0 saturated carbocycles. The third kappa shape index (κ3) is 7.37. The third-order valence-electron chi connectivity index (χ3n) is 6.37. The summed E-state index contributed by atoms with van der Waals surface area (Å²) in [5, 5.41) is 9.93. The van der Waals surface area contributed by atoms with Crippen LogP contribution in [-0.2, 0) is 23.0 Å². The second kappa shape index (κ2) is 13.1. The third-order valence-corrected chi connectivity index (χ3v) is 9.73. The van der Waals surface area contributed by atoms with Crippen LogP contribution >= 0.6 is 22.9 Å². The number of hydrogen-bond donors (Lipinski definition) is 2. The predicted octanol–water partition coefficient (Wildman–Crippen LogP) is 6.18. The Morgan fingerprint density at radius 2 is 1.93 bits per heavy atom. The number of aromatic nitrogens is 4. The zero-order chi connectivity index (χ0) is 29.7. The number of sulfone groups is 1. The van der Waals surface area contributed by atoms with Gasteiger partial charge >= 0.3 is 0 Å². The van der Waals surface area contributed by atoms with Crippen molar-refractivity contribution in [1.82, 2.24) is 25.3 Å². The van der Waals surface area contributed by atoms with Crippen LogP contribution in [0.25, 0.3) is 22.3 Å². The highest BCUT2D eigenvalue weighted by atomic mass is 35.5. The number of halogens is 2. The summed E-state index contributed by atoms with van der Waals surface area (Å²) in [7, 11) is -3.09. The molecule has 218 valence electrons. The Balaban J connectivity index is 1.27. The van der Waals surface area contributed by atoms with Crippen molar-refractivity contribution in [3.05, 3.63) is 87.8 Å². The van der Waals surface area contributed by atoms with Crippen LogP contribution in [0.3, 0.4) is 0 Å². The SMILES string of the molecule is CC(C)S(=O)(=O)CCNCc1nc(-c2cc3c(Nc4ccc(OCc5cccc(F)c5)c(Cl)c4)ncnc3cn2)cs1. The van der Waals surface area contributed by atoms with Gasteiger partial charge in [0, 0.05) is 29.5 Å². The molecule has 3 heterocycles. The van der Waals surface area contributed by atoms with E-state index in [1.54, 1.807) is 44.3 Å². The number of nitrogens with zero attached hydrogens (tertiary/aromatic N) is 4. The van der Waals surface area contributed by atoms with Crippen molar-refractivity contribution in [1.29, 1.82) is 0 Å². The molecule has 0 fully saturated rings. The lowest BCUT2D eigenvalue weighted by atomic mass is 10.2. The van der Waals surface area contributed by atoms with E-state index < -0.39 is 15.1 Å². The van der Waals surface area contributed by atoms with E-state index >= 15 is 0 Å². The van der Waals surface area contributed by atoms with Crippen LogP contribution in [0, 0.1) is 5.82 Å². The first-order chi connectivity index (χ1) is 20.2. The highest BCUT2D eigenvalue weighted by molar-refractivity contribution is 7.92. The fourth-order valence-electron chi connectivity index (χ4n) is 3.97. The van der Waals surface area contributed by atoms with Gasteiger partial charge in [-0.25, -0.2) is 27.8 Å². The van der Waals surface area contributed by atoms with Crippen molar-refractivity contribution in [2.45, 2.75) is 32.2 Å². The quantitative estimate of drug-likeness (QED) is 0.157. The second-order valence-corrected chi connectivity index (χ2v) is 13.7. The Kier molecular flexibility index (Phi) is 9.27. The highest BCUT2D eigenvalue weighted by Gasteiger charge is 2.16.